The summed E-state index contributed by atoms with van der Waals surface area (Å²) in [5, 5.41) is 1.38. The summed E-state index contributed by atoms with van der Waals surface area (Å²) in [7, 11) is 3.52. The highest BCUT2D eigenvalue weighted by Crippen LogP contribution is 2.30. The molecule has 9 nitrogen and oxygen atoms in total. The van der Waals surface area contributed by atoms with Crippen LogP contribution in [0.3, 0.4) is 0 Å². The number of nitrogens with one attached hydrogen (secondary N) is 2. The van der Waals surface area contributed by atoms with Crippen molar-refractivity contribution < 1.29 is 19.2 Å². The van der Waals surface area contributed by atoms with E-state index in [1.807, 2.05) is 30.3 Å². The third kappa shape index (κ3) is 4.55. The van der Waals surface area contributed by atoms with Crippen LogP contribution in [-0.2, 0) is 21.0 Å². The second-order valence-corrected chi connectivity index (χ2v) is 7.04. The van der Waals surface area contributed by atoms with Crippen molar-refractivity contribution in [1.29, 1.82) is 0 Å². The number of hydroxylamine groups is 2. The molecule has 1 aromatic rings. The van der Waals surface area contributed by atoms with Crippen LogP contribution in [0.1, 0.15) is 18.4 Å². The number of benzene rings is 1. The molecule has 2 heterocycles. The van der Waals surface area contributed by atoms with Crippen molar-refractivity contribution in [2.45, 2.75) is 31.5 Å². The molecule has 2 aliphatic rings. The minimum absolute atomic E-state index is 0.0615. The number of carbonyl (C=O) groups is 3. The normalized spacial score (nSPS) is 21.5. The Bertz CT molecular complexity index is 696. The Morgan fingerprint density at radius 1 is 1.19 bits per heavy atom. The van der Waals surface area contributed by atoms with Crippen LogP contribution >= 0.6 is 0 Å². The number of fused-ring (bicyclic) bond motifs is 2. The van der Waals surface area contributed by atoms with Crippen LogP contribution in [0, 0.1) is 0 Å². The first-order chi connectivity index (χ1) is 13.0. The summed E-state index contributed by atoms with van der Waals surface area (Å²) in [6.45, 7) is 0.905. The lowest BCUT2D eigenvalue weighted by atomic mass is 10.0. The van der Waals surface area contributed by atoms with Crippen LogP contribution in [0.15, 0.2) is 30.3 Å². The molecule has 2 aliphatic heterocycles. The summed E-state index contributed by atoms with van der Waals surface area (Å²) in [6, 6.07) is 8.62. The highest BCUT2D eigenvalue weighted by atomic mass is 16.7. The van der Waals surface area contributed by atoms with E-state index < -0.39 is 6.04 Å². The van der Waals surface area contributed by atoms with Gasteiger partial charge in [-0.05, 0) is 32.5 Å². The van der Waals surface area contributed by atoms with Crippen LogP contribution in [0.4, 0.5) is 4.79 Å². The van der Waals surface area contributed by atoms with E-state index in [9.17, 15) is 14.4 Å². The van der Waals surface area contributed by atoms with Gasteiger partial charge in [0, 0.05) is 6.54 Å². The molecule has 0 aromatic heterocycles. The SMILES string of the molecule is CN(C)CC(=O)NNC(=O)[C@H]1CC[C@H]2CN1C(=O)N2OCc1ccccc1. The van der Waals surface area contributed by atoms with Gasteiger partial charge in [-0.2, -0.15) is 5.06 Å². The van der Waals surface area contributed by atoms with Gasteiger partial charge in [0.2, 0.25) is 0 Å². The summed E-state index contributed by atoms with van der Waals surface area (Å²) in [5.41, 5.74) is 5.77. The van der Waals surface area contributed by atoms with E-state index >= 15 is 0 Å². The van der Waals surface area contributed by atoms with Gasteiger partial charge in [-0.15, -0.1) is 0 Å². The van der Waals surface area contributed by atoms with Gasteiger partial charge in [0.1, 0.15) is 12.6 Å². The summed E-state index contributed by atoms with van der Waals surface area (Å²) in [4.78, 5) is 45.7. The molecule has 2 atom stereocenters. The van der Waals surface area contributed by atoms with E-state index in [2.05, 4.69) is 10.9 Å². The van der Waals surface area contributed by atoms with Crippen molar-refractivity contribution in [3.05, 3.63) is 35.9 Å². The van der Waals surface area contributed by atoms with E-state index in [-0.39, 0.29) is 30.4 Å². The summed E-state index contributed by atoms with van der Waals surface area (Å²) in [5.74, 6) is -0.707. The Hall–Kier alpha value is -2.65. The van der Waals surface area contributed by atoms with Crippen molar-refractivity contribution in [3.63, 3.8) is 0 Å². The highest BCUT2D eigenvalue weighted by Gasteiger charge is 2.47. The van der Waals surface area contributed by atoms with E-state index in [1.54, 1.807) is 19.0 Å². The molecule has 4 amide bonds. The van der Waals surface area contributed by atoms with E-state index in [0.29, 0.717) is 26.0 Å². The second kappa shape index (κ2) is 8.36. The Labute approximate surface area is 158 Å². The first-order valence-corrected chi connectivity index (χ1v) is 8.96. The van der Waals surface area contributed by atoms with Crippen molar-refractivity contribution in [3.8, 4) is 0 Å². The Kier molecular flexibility index (Phi) is 5.92. The molecule has 146 valence electrons. The van der Waals surface area contributed by atoms with Gasteiger partial charge >= 0.3 is 6.03 Å². The van der Waals surface area contributed by atoms with Crippen LogP contribution in [0.25, 0.3) is 0 Å². The van der Waals surface area contributed by atoms with Crippen molar-refractivity contribution in [2.24, 2.45) is 0 Å². The molecule has 2 fully saturated rings. The zero-order valence-corrected chi connectivity index (χ0v) is 15.6. The first kappa shape index (κ1) is 19.1. The third-order valence-corrected chi connectivity index (χ3v) is 4.62. The molecule has 3 rings (SSSR count). The molecule has 2 N–H and O–H groups in total. The lowest BCUT2D eigenvalue weighted by Crippen LogP contribution is -2.55. The highest BCUT2D eigenvalue weighted by molar-refractivity contribution is 5.90. The van der Waals surface area contributed by atoms with Gasteiger partial charge in [0.25, 0.3) is 11.8 Å². The molecule has 0 saturated carbocycles. The zero-order valence-electron chi connectivity index (χ0n) is 15.6. The van der Waals surface area contributed by atoms with Gasteiger partial charge in [-0.25, -0.2) is 4.79 Å². The minimum atomic E-state index is -0.612. The predicted octanol–water partition coefficient (Wildman–Crippen LogP) is 0.0958. The Balaban J connectivity index is 1.54. The summed E-state index contributed by atoms with van der Waals surface area (Å²) >= 11 is 0. The molecule has 9 heteroatoms. The van der Waals surface area contributed by atoms with Crippen molar-refractivity contribution in [2.75, 3.05) is 27.2 Å². The van der Waals surface area contributed by atoms with Crippen LogP contribution in [0.2, 0.25) is 0 Å². The van der Waals surface area contributed by atoms with E-state index in [1.165, 1.54) is 9.96 Å². The number of hydrogen-bond acceptors (Lipinski definition) is 5. The lowest BCUT2D eigenvalue weighted by molar-refractivity contribution is -0.140. The molecule has 2 saturated heterocycles. The quantitative estimate of drug-likeness (QED) is 0.688. The second-order valence-electron chi connectivity index (χ2n) is 7.04. The summed E-state index contributed by atoms with van der Waals surface area (Å²) in [6.07, 6.45) is 1.19. The lowest BCUT2D eigenvalue weighted by Gasteiger charge is -2.29. The molecule has 2 bridgehead atoms. The number of likely N-dealkylation sites (N-methyl/N-ethyl adjacent to an activating group) is 1. The topological polar surface area (TPSA) is 94.2 Å². The number of urea groups is 1. The smallest absolute Gasteiger partial charge is 0.309 e. The average molecular weight is 375 g/mol. The van der Waals surface area contributed by atoms with Crippen molar-refractivity contribution >= 4 is 17.8 Å². The number of rotatable bonds is 6. The number of hydrazine groups is 1. The molecular formula is C18H25N5O4. The first-order valence-electron chi connectivity index (χ1n) is 8.96. The van der Waals surface area contributed by atoms with Crippen LogP contribution in [-0.4, -0.2) is 72.0 Å². The molecule has 0 aliphatic carbocycles. The average Bonchev–Trinajstić information content (AvgIpc) is 2.89. The van der Waals surface area contributed by atoms with Gasteiger partial charge in [0.05, 0.1) is 12.6 Å². The molecule has 27 heavy (non-hydrogen) atoms. The number of amides is 4. The molecule has 0 spiro atoms. The molecule has 0 unspecified atom stereocenters. The van der Waals surface area contributed by atoms with Crippen LogP contribution in [0.5, 0.6) is 0 Å². The minimum Gasteiger partial charge on any atom is -0.309 e. The van der Waals surface area contributed by atoms with Crippen LogP contribution < -0.4 is 10.9 Å². The predicted molar refractivity (Wildman–Crippen MR) is 96.8 cm³/mol. The molecule has 1 aromatic carbocycles. The Morgan fingerprint density at radius 2 is 1.93 bits per heavy atom. The van der Waals surface area contributed by atoms with Gasteiger partial charge in [-0.1, -0.05) is 30.3 Å². The van der Waals surface area contributed by atoms with Gasteiger partial charge < -0.3 is 9.80 Å². The monoisotopic (exact) mass is 375 g/mol. The number of nitrogens with zero attached hydrogens (tertiary/aromatic N) is 3. The summed E-state index contributed by atoms with van der Waals surface area (Å²) < 4.78 is 0. The fourth-order valence-corrected chi connectivity index (χ4v) is 3.33. The standard InChI is InChI=1S/C18H25N5O4/c1-21(2)11-16(24)19-20-17(25)15-9-8-14-10-22(15)18(26)23(14)27-12-13-6-4-3-5-7-13/h3-7,14-15H,8-12H2,1-2H3,(H,19,24)(H,20,25)/t14-,15+/m0/s1. The largest absolute Gasteiger partial charge is 0.345 e. The molecule has 0 radical (unpaired) electrons. The number of hydrogen-bond donors (Lipinski definition) is 2. The third-order valence-electron chi connectivity index (χ3n) is 4.62. The number of piperidine rings is 1. The number of carbonyl (C=O) groups excluding carboxylic acids is 3. The van der Waals surface area contributed by atoms with E-state index in [0.717, 1.165) is 5.56 Å². The van der Waals surface area contributed by atoms with E-state index in [4.69, 9.17) is 4.84 Å². The maximum atomic E-state index is 12.7. The fraction of sp³-hybridized carbons (Fsp3) is 0.500. The fourth-order valence-electron chi connectivity index (χ4n) is 3.33. The maximum Gasteiger partial charge on any atom is 0.345 e. The van der Waals surface area contributed by atoms with Gasteiger partial charge in [-0.3, -0.25) is 25.3 Å². The maximum absolute atomic E-state index is 12.7. The van der Waals surface area contributed by atoms with Gasteiger partial charge in [0.15, 0.2) is 0 Å². The molecular weight excluding hydrogens is 350 g/mol. The Morgan fingerprint density at radius 3 is 2.63 bits per heavy atom. The zero-order chi connectivity index (χ0) is 19.4. The van der Waals surface area contributed by atoms with Crippen molar-refractivity contribution in [1.82, 2.24) is 25.7 Å².